The van der Waals surface area contributed by atoms with Crippen LogP contribution in [0.1, 0.15) is 37.7 Å². The monoisotopic (exact) mass is 434 g/mol. The Bertz CT molecular complexity index is 1000. The molecule has 1 amide bonds. The summed E-state index contributed by atoms with van der Waals surface area (Å²) in [5.74, 6) is -0.921. The van der Waals surface area contributed by atoms with Crippen molar-refractivity contribution in [1.82, 2.24) is 4.31 Å². The van der Waals surface area contributed by atoms with Crippen LogP contribution in [-0.4, -0.2) is 38.3 Å². The summed E-state index contributed by atoms with van der Waals surface area (Å²) >= 11 is 0. The standard InChI is InChI=1S/C22H27FN2O4S/c1-16-12-13-20(29-2)21(14-16)30(27,28)25(17-8-4-3-5-9-17)15-22(26)24-19-11-7-6-10-18(19)23/h6-7,10-14,17H,3-5,8-9,15H2,1-2H3,(H,24,26). The molecule has 0 unspecified atom stereocenters. The van der Waals surface area contributed by atoms with Crippen molar-refractivity contribution >= 4 is 21.6 Å². The lowest BCUT2D eigenvalue weighted by molar-refractivity contribution is -0.116. The minimum atomic E-state index is -4.01. The van der Waals surface area contributed by atoms with Crippen LogP contribution in [0, 0.1) is 12.7 Å². The summed E-state index contributed by atoms with van der Waals surface area (Å²) in [5, 5.41) is 2.49. The molecule has 3 rings (SSSR count). The van der Waals surface area contributed by atoms with Crippen molar-refractivity contribution in [3.8, 4) is 5.75 Å². The molecule has 2 aromatic carbocycles. The minimum Gasteiger partial charge on any atom is -0.495 e. The highest BCUT2D eigenvalue weighted by Crippen LogP contribution is 2.32. The fourth-order valence-corrected chi connectivity index (χ4v) is 5.67. The van der Waals surface area contributed by atoms with Crippen LogP contribution < -0.4 is 10.1 Å². The summed E-state index contributed by atoms with van der Waals surface area (Å²) in [6.07, 6.45) is 4.20. The largest absolute Gasteiger partial charge is 0.495 e. The highest BCUT2D eigenvalue weighted by Gasteiger charge is 2.35. The molecule has 2 aromatic rings. The number of nitrogens with one attached hydrogen (secondary N) is 1. The first-order valence-electron chi connectivity index (χ1n) is 10.0. The van der Waals surface area contributed by atoms with Crippen molar-refractivity contribution in [2.45, 2.75) is 50.0 Å². The van der Waals surface area contributed by atoms with E-state index in [1.165, 1.54) is 29.6 Å². The molecule has 30 heavy (non-hydrogen) atoms. The smallest absolute Gasteiger partial charge is 0.247 e. The average Bonchev–Trinajstić information content (AvgIpc) is 2.74. The molecule has 0 bridgehead atoms. The summed E-state index contributed by atoms with van der Waals surface area (Å²) in [6.45, 7) is 1.41. The van der Waals surface area contributed by atoms with Gasteiger partial charge in [0.25, 0.3) is 0 Å². The Morgan fingerprint density at radius 2 is 1.87 bits per heavy atom. The molecular weight excluding hydrogens is 407 g/mol. The van der Waals surface area contributed by atoms with Crippen LogP contribution in [0.15, 0.2) is 47.4 Å². The maximum absolute atomic E-state index is 13.9. The first-order valence-corrected chi connectivity index (χ1v) is 11.5. The molecule has 0 spiro atoms. The fourth-order valence-electron chi connectivity index (χ4n) is 3.79. The van der Waals surface area contributed by atoms with Crippen LogP contribution in [0.25, 0.3) is 0 Å². The number of hydrogen-bond acceptors (Lipinski definition) is 4. The van der Waals surface area contributed by atoms with Crippen LogP contribution in [0.5, 0.6) is 5.75 Å². The molecule has 8 heteroatoms. The number of hydrogen-bond donors (Lipinski definition) is 1. The number of sulfonamides is 1. The van der Waals surface area contributed by atoms with Crippen LogP contribution in [0.3, 0.4) is 0 Å². The maximum Gasteiger partial charge on any atom is 0.247 e. The first kappa shape index (κ1) is 22.2. The van der Waals surface area contributed by atoms with E-state index in [4.69, 9.17) is 4.74 Å². The van der Waals surface area contributed by atoms with Gasteiger partial charge in [0, 0.05) is 6.04 Å². The number of rotatable bonds is 7. The summed E-state index contributed by atoms with van der Waals surface area (Å²) in [5.41, 5.74) is 0.797. The molecule has 1 aliphatic rings. The van der Waals surface area contributed by atoms with Gasteiger partial charge in [0.1, 0.15) is 16.5 Å². The third-order valence-corrected chi connectivity index (χ3v) is 7.25. The Kier molecular flexibility index (Phi) is 7.10. The van der Waals surface area contributed by atoms with Crippen molar-refractivity contribution in [2.75, 3.05) is 19.0 Å². The molecule has 0 heterocycles. The lowest BCUT2D eigenvalue weighted by atomic mass is 9.95. The van der Waals surface area contributed by atoms with Crippen molar-refractivity contribution in [1.29, 1.82) is 0 Å². The number of methoxy groups -OCH3 is 1. The van der Waals surface area contributed by atoms with Gasteiger partial charge in [-0.1, -0.05) is 37.5 Å². The molecule has 162 valence electrons. The number of carbonyl (C=O) groups excluding carboxylic acids is 1. The van der Waals surface area contributed by atoms with E-state index in [2.05, 4.69) is 5.32 Å². The molecule has 0 radical (unpaired) electrons. The summed E-state index contributed by atoms with van der Waals surface area (Å²) < 4.78 is 47.7. The molecule has 1 fully saturated rings. The molecular formula is C22H27FN2O4S. The molecule has 0 saturated heterocycles. The second-order valence-corrected chi connectivity index (χ2v) is 9.38. The fraction of sp³-hybridized carbons (Fsp3) is 0.409. The molecule has 0 atom stereocenters. The van der Waals surface area contributed by atoms with Crippen molar-refractivity contribution in [3.63, 3.8) is 0 Å². The van der Waals surface area contributed by atoms with Gasteiger partial charge in [0.05, 0.1) is 19.3 Å². The molecule has 6 nitrogen and oxygen atoms in total. The number of carbonyl (C=O) groups is 1. The van der Waals surface area contributed by atoms with Crippen molar-refractivity contribution in [2.24, 2.45) is 0 Å². The van der Waals surface area contributed by atoms with Crippen LogP contribution in [0.2, 0.25) is 0 Å². The van der Waals surface area contributed by atoms with E-state index in [9.17, 15) is 17.6 Å². The quantitative estimate of drug-likeness (QED) is 0.712. The second kappa shape index (κ2) is 9.57. The Labute approximate surface area is 177 Å². The van der Waals surface area contributed by atoms with E-state index < -0.39 is 28.3 Å². The molecule has 1 saturated carbocycles. The third-order valence-electron chi connectivity index (χ3n) is 5.34. The lowest BCUT2D eigenvalue weighted by Crippen LogP contribution is -2.45. The van der Waals surface area contributed by atoms with Crippen LogP contribution in [-0.2, 0) is 14.8 Å². The van der Waals surface area contributed by atoms with Gasteiger partial charge >= 0.3 is 0 Å². The molecule has 1 N–H and O–H groups in total. The van der Waals surface area contributed by atoms with Gasteiger partial charge in [-0.3, -0.25) is 4.79 Å². The SMILES string of the molecule is COc1ccc(C)cc1S(=O)(=O)N(CC(=O)Nc1ccccc1F)C1CCCCC1. The Hall–Kier alpha value is -2.45. The number of anilines is 1. The molecule has 0 aromatic heterocycles. The molecule has 0 aliphatic heterocycles. The zero-order valence-corrected chi connectivity index (χ0v) is 18.0. The summed E-state index contributed by atoms with van der Waals surface area (Å²) in [6, 6.07) is 10.5. The average molecular weight is 435 g/mol. The third kappa shape index (κ3) is 4.99. The Balaban J connectivity index is 1.93. The summed E-state index contributed by atoms with van der Waals surface area (Å²) in [4.78, 5) is 12.7. The van der Waals surface area contributed by atoms with Crippen molar-refractivity contribution in [3.05, 3.63) is 53.8 Å². The number of amides is 1. The highest BCUT2D eigenvalue weighted by atomic mass is 32.2. The molecule has 1 aliphatic carbocycles. The second-order valence-electron chi connectivity index (χ2n) is 7.52. The lowest BCUT2D eigenvalue weighted by Gasteiger charge is -2.33. The predicted molar refractivity (Wildman–Crippen MR) is 114 cm³/mol. The van der Waals surface area contributed by atoms with Gasteiger partial charge in [0.15, 0.2) is 0 Å². The number of aryl methyl sites for hydroxylation is 1. The number of halogens is 1. The van der Waals surface area contributed by atoms with E-state index in [-0.39, 0.29) is 22.4 Å². The van der Waals surface area contributed by atoms with E-state index in [0.717, 1.165) is 24.8 Å². The number of nitrogens with zero attached hydrogens (tertiary/aromatic N) is 1. The summed E-state index contributed by atoms with van der Waals surface area (Å²) in [7, 11) is -2.59. The van der Waals surface area contributed by atoms with Gasteiger partial charge in [-0.25, -0.2) is 12.8 Å². The predicted octanol–water partition coefficient (Wildman–Crippen LogP) is 4.10. The van der Waals surface area contributed by atoms with E-state index >= 15 is 0 Å². The van der Waals surface area contributed by atoms with E-state index in [1.807, 2.05) is 0 Å². The van der Waals surface area contributed by atoms with Gasteiger partial charge in [0.2, 0.25) is 15.9 Å². The van der Waals surface area contributed by atoms with E-state index in [1.54, 1.807) is 31.2 Å². The maximum atomic E-state index is 13.9. The van der Waals surface area contributed by atoms with Gasteiger partial charge in [-0.05, 0) is 49.6 Å². The zero-order chi connectivity index (χ0) is 21.7. The van der Waals surface area contributed by atoms with E-state index in [0.29, 0.717) is 12.8 Å². The normalized spacial score (nSPS) is 15.2. The highest BCUT2D eigenvalue weighted by molar-refractivity contribution is 7.89. The number of para-hydroxylation sites is 1. The first-order chi connectivity index (χ1) is 14.3. The topological polar surface area (TPSA) is 75.7 Å². The van der Waals surface area contributed by atoms with Gasteiger partial charge in [-0.15, -0.1) is 0 Å². The number of ether oxygens (including phenoxy) is 1. The Morgan fingerprint density at radius 3 is 2.53 bits per heavy atom. The van der Waals surface area contributed by atoms with Crippen LogP contribution >= 0.6 is 0 Å². The minimum absolute atomic E-state index is 0.0247. The zero-order valence-electron chi connectivity index (χ0n) is 17.2. The van der Waals surface area contributed by atoms with Gasteiger partial charge in [-0.2, -0.15) is 4.31 Å². The number of benzene rings is 2. The Morgan fingerprint density at radius 1 is 1.17 bits per heavy atom. The van der Waals surface area contributed by atoms with Gasteiger partial charge < -0.3 is 10.1 Å². The van der Waals surface area contributed by atoms with Crippen molar-refractivity contribution < 1.29 is 22.3 Å². The van der Waals surface area contributed by atoms with Crippen LogP contribution in [0.4, 0.5) is 10.1 Å².